The van der Waals surface area contributed by atoms with Crippen LogP contribution in [0.3, 0.4) is 0 Å². The Bertz CT molecular complexity index is 3280. The molecule has 10 rings (SSSR count). The van der Waals surface area contributed by atoms with Crippen molar-refractivity contribution in [2.45, 2.75) is 39.4 Å². The predicted octanol–water partition coefficient (Wildman–Crippen LogP) is 16.4. The van der Waals surface area contributed by atoms with Crippen LogP contribution in [0.5, 0.6) is 17.2 Å². The molecule has 0 aromatic heterocycles. The van der Waals surface area contributed by atoms with Crippen LogP contribution in [0.15, 0.2) is 194 Å². The molecule has 0 bridgehead atoms. The number of hydrogen-bond acceptors (Lipinski definition) is 13. The first kappa shape index (κ1) is 59.1. The van der Waals surface area contributed by atoms with E-state index in [1.807, 2.05) is 94.8 Å². The van der Waals surface area contributed by atoms with Crippen LogP contribution in [0, 0.1) is 27.2 Å². The summed E-state index contributed by atoms with van der Waals surface area (Å²) in [5.74, 6) is 1.27. The van der Waals surface area contributed by atoms with Gasteiger partial charge in [0, 0.05) is 45.2 Å². The molecule has 1 aliphatic heterocycles. The lowest BCUT2D eigenvalue weighted by Gasteiger charge is -2.40. The zero-order chi connectivity index (χ0) is 55.7. The molecule has 8 aromatic carbocycles. The minimum Gasteiger partial charge on any atom is -0.497 e. The highest BCUT2D eigenvalue weighted by Crippen LogP contribution is 3.04. The SMILES string of the molecule is C1CC1.COc1ccc(P2(=S)SP(=S)(c3ccc(C)cc3)S2)cc1.O=C(Nc1ccc(OCc2ccccc2)cc1)c1ccc(Cl)c([N+](=O)[O-])c1.O=C(Nc1ccc(OCc2ccccc2)cc1)c1ccc(Cl)c([N+](=O)[O-])c1. The number of aryl methyl sites for hydroxylation is 1. The van der Waals surface area contributed by atoms with Gasteiger partial charge in [-0.05, 0) is 115 Å². The average molecular weight is 1200 g/mol. The number of nitro benzene ring substituents is 2. The van der Waals surface area contributed by atoms with Crippen LogP contribution in [0.25, 0.3) is 0 Å². The van der Waals surface area contributed by atoms with Crippen molar-refractivity contribution in [3.05, 3.63) is 252 Å². The Morgan fingerprint density at radius 1 is 0.538 bits per heavy atom. The summed E-state index contributed by atoms with van der Waals surface area (Å²) in [6.07, 6.45) is 4.50. The van der Waals surface area contributed by atoms with E-state index in [-0.39, 0.29) is 32.5 Å². The molecular weight excluding hydrogens is 1150 g/mol. The van der Waals surface area contributed by atoms with Crippen LogP contribution in [0.4, 0.5) is 22.7 Å². The molecule has 13 nitrogen and oxygen atoms in total. The van der Waals surface area contributed by atoms with Crippen LogP contribution < -0.4 is 35.5 Å². The molecule has 0 unspecified atom stereocenters. The van der Waals surface area contributed by atoms with Crippen LogP contribution in [-0.2, 0) is 36.8 Å². The van der Waals surface area contributed by atoms with Gasteiger partial charge in [-0.3, -0.25) is 29.8 Å². The number of hydrogen-bond donors (Lipinski definition) is 2. The van der Waals surface area contributed by atoms with E-state index in [2.05, 4.69) is 54.0 Å². The van der Waals surface area contributed by atoms with Crippen molar-refractivity contribution < 1.29 is 33.6 Å². The highest BCUT2D eigenvalue weighted by atomic mass is 35.5. The number of nitro groups is 2. The first-order valence-electron chi connectivity index (χ1n) is 23.9. The van der Waals surface area contributed by atoms with E-state index < -0.39 is 30.5 Å². The van der Waals surface area contributed by atoms with E-state index in [1.165, 1.54) is 59.7 Å². The standard InChI is InChI=1S/2C20H15ClN2O4.C14H14OP2S4.C3H6/c2*21-18-11-6-15(12-19(18)23(25)26)20(24)22-16-7-9-17(10-8-16)27-13-14-4-2-1-3-5-14;1-11-3-7-13(8-4-11)16(18)20-17(19,21-16)14-9-5-12(15-2)6-10-14;1-2-3-1/h2*1-12H,13H2,(H,22,24);3-10H,1-2H3;1-3H2. The van der Waals surface area contributed by atoms with Gasteiger partial charge in [-0.1, -0.05) is 179 Å². The summed E-state index contributed by atoms with van der Waals surface area (Å²) in [6.45, 7) is 2.99. The highest BCUT2D eigenvalue weighted by Gasteiger charge is 2.45. The van der Waals surface area contributed by atoms with E-state index in [4.69, 9.17) is 61.0 Å². The minimum absolute atomic E-state index is 0.0172. The number of rotatable bonds is 15. The molecule has 0 atom stereocenters. The lowest BCUT2D eigenvalue weighted by atomic mass is 10.2. The summed E-state index contributed by atoms with van der Waals surface area (Å²) < 4.78 is 13.4. The second kappa shape index (κ2) is 28.4. The van der Waals surface area contributed by atoms with Gasteiger partial charge in [0.25, 0.3) is 23.2 Å². The quantitative estimate of drug-likeness (QED) is 0.0565. The molecule has 1 heterocycles. The van der Waals surface area contributed by atoms with Crippen molar-refractivity contribution >= 4 is 123 Å². The van der Waals surface area contributed by atoms with Crippen molar-refractivity contribution in [1.82, 2.24) is 0 Å². The molecule has 1 aliphatic carbocycles. The number of methoxy groups -OCH3 is 1. The number of halogens is 2. The van der Waals surface area contributed by atoms with Gasteiger partial charge in [-0.15, -0.1) is 0 Å². The molecule has 78 heavy (non-hydrogen) atoms. The van der Waals surface area contributed by atoms with Crippen LogP contribution in [-0.4, -0.2) is 28.8 Å². The van der Waals surface area contributed by atoms with E-state index in [0.29, 0.717) is 36.1 Å². The van der Waals surface area contributed by atoms with Gasteiger partial charge in [-0.25, -0.2) is 0 Å². The third kappa shape index (κ3) is 17.5. The number of carbonyl (C=O) groups excluding carboxylic acids is 2. The molecule has 21 heteroatoms. The van der Waals surface area contributed by atoms with Gasteiger partial charge in [-0.2, -0.15) is 0 Å². The van der Waals surface area contributed by atoms with Gasteiger partial charge in [0.1, 0.15) is 40.5 Å². The van der Waals surface area contributed by atoms with Crippen LogP contribution in [0.1, 0.15) is 56.7 Å². The maximum absolute atomic E-state index is 12.3. The Kier molecular flexibility index (Phi) is 21.5. The number of anilines is 2. The average Bonchev–Trinajstić information content (AvgIpc) is 4.46. The number of amides is 2. The largest absolute Gasteiger partial charge is 0.497 e. The van der Waals surface area contributed by atoms with E-state index in [0.717, 1.165) is 29.0 Å². The first-order valence-corrected chi connectivity index (χ1v) is 34.3. The summed E-state index contributed by atoms with van der Waals surface area (Å²) in [5.41, 5.74) is 4.15. The molecule has 1 saturated carbocycles. The van der Waals surface area contributed by atoms with Crippen molar-refractivity contribution in [1.29, 1.82) is 0 Å². The van der Waals surface area contributed by atoms with E-state index in [9.17, 15) is 29.8 Å². The smallest absolute Gasteiger partial charge is 0.288 e. The van der Waals surface area contributed by atoms with Gasteiger partial charge in [0.2, 0.25) is 0 Å². The molecule has 2 fully saturated rings. The Balaban J connectivity index is 0.000000166. The van der Waals surface area contributed by atoms with Crippen molar-refractivity contribution in [2.75, 3.05) is 17.7 Å². The van der Waals surface area contributed by atoms with Crippen molar-refractivity contribution in [3.63, 3.8) is 0 Å². The number of nitrogens with zero attached hydrogens (tertiary/aromatic N) is 2. The Morgan fingerprint density at radius 3 is 1.24 bits per heavy atom. The zero-order valence-corrected chi connectivity index (χ0v) is 48.4. The normalized spacial score (nSPS) is 15.5. The lowest BCUT2D eigenvalue weighted by Crippen LogP contribution is -2.12. The summed E-state index contributed by atoms with van der Waals surface area (Å²) in [6, 6.07) is 57.9. The Morgan fingerprint density at radius 2 is 0.897 bits per heavy atom. The number of carbonyl (C=O) groups is 2. The minimum atomic E-state index is -1.62. The molecule has 2 N–H and O–H groups in total. The van der Waals surface area contributed by atoms with E-state index in [1.54, 1.807) is 55.6 Å². The predicted molar refractivity (Wildman–Crippen MR) is 328 cm³/mol. The van der Waals surface area contributed by atoms with Crippen LogP contribution in [0.2, 0.25) is 10.0 Å². The molecule has 8 aromatic rings. The highest BCUT2D eigenvalue weighted by molar-refractivity contribution is 9.48. The summed E-state index contributed by atoms with van der Waals surface area (Å²) in [4.78, 5) is 45.2. The monoisotopic (exact) mass is 1190 g/mol. The van der Waals surface area contributed by atoms with Gasteiger partial charge < -0.3 is 24.8 Å². The Hall–Kier alpha value is -6.52. The molecule has 2 aliphatic rings. The molecule has 0 radical (unpaired) electrons. The fourth-order valence-corrected chi connectivity index (χ4v) is 49.4. The second-order valence-corrected chi connectivity index (χ2v) is 39.2. The molecular formula is C57H50Cl2N4O9P2S4. The van der Waals surface area contributed by atoms with E-state index >= 15 is 0 Å². The number of ether oxygens (including phenoxy) is 3. The van der Waals surface area contributed by atoms with Crippen LogP contribution >= 0.6 is 54.1 Å². The molecule has 2 amide bonds. The number of benzene rings is 8. The van der Waals surface area contributed by atoms with Gasteiger partial charge >= 0.3 is 0 Å². The first-order chi connectivity index (χ1) is 37.5. The topological polar surface area (TPSA) is 172 Å². The molecule has 400 valence electrons. The fourth-order valence-electron chi connectivity index (χ4n) is 6.71. The number of nitrogens with one attached hydrogen (secondary N) is 2. The summed E-state index contributed by atoms with van der Waals surface area (Å²) >= 11 is 27.1. The zero-order valence-electron chi connectivity index (χ0n) is 41.9. The van der Waals surface area contributed by atoms with Gasteiger partial charge in [0.15, 0.2) is 0 Å². The summed E-state index contributed by atoms with van der Waals surface area (Å²) in [7, 11) is 1.68. The van der Waals surface area contributed by atoms with Crippen molar-refractivity contribution in [3.8, 4) is 17.2 Å². The summed E-state index contributed by atoms with van der Waals surface area (Å²) in [5, 5.41) is 29.7. The lowest BCUT2D eigenvalue weighted by molar-refractivity contribution is -0.384. The second-order valence-electron chi connectivity index (χ2n) is 17.1. The third-order valence-electron chi connectivity index (χ3n) is 11.1. The maximum Gasteiger partial charge on any atom is 0.288 e. The third-order valence-corrected chi connectivity index (χ3v) is 42.9. The Labute approximate surface area is 479 Å². The molecule has 1 saturated heterocycles. The fraction of sp³-hybridized carbons (Fsp3) is 0.123. The molecule has 0 spiro atoms. The maximum atomic E-state index is 12.3. The van der Waals surface area contributed by atoms with Crippen molar-refractivity contribution in [2.24, 2.45) is 0 Å². The van der Waals surface area contributed by atoms with Gasteiger partial charge in [0.05, 0.1) is 25.8 Å².